The van der Waals surface area contributed by atoms with Crippen molar-refractivity contribution in [1.29, 1.82) is 0 Å². The van der Waals surface area contributed by atoms with Gasteiger partial charge >= 0.3 is 0 Å². The summed E-state index contributed by atoms with van der Waals surface area (Å²) in [6, 6.07) is 12.1. The van der Waals surface area contributed by atoms with E-state index in [1.165, 1.54) is 11.5 Å². The summed E-state index contributed by atoms with van der Waals surface area (Å²) in [6.45, 7) is 0. The summed E-state index contributed by atoms with van der Waals surface area (Å²) in [5.74, 6) is 5.58. The topological polar surface area (TPSA) is 76.7 Å². The Morgan fingerprint density at radius 3 is 2.89 bits per heavy atom. The van der Waals surface area contributed by atoms with Crippen LogP contribution in [0.5, 0.6) is 0 Å². The summed E-state index contributed by atoms with van der Waals surface area (Å²) in [6.07, 6.45) is 0.687. The smallest absolute Gasteiger partial charge is 0.0942 e. The maximum Gasteiger partial charge on any atom is 0.0942 e. The Bertz CT molecular complexity index is 668. The van der Waals surface area contributed by atoms with Crippen molar-refractivity contribution >= 4 is 22.4 Å². The summed E-state index contributed by atoms with van der Waals surface area (Å²) in [7, 11) is 0. The van der Waals surface area contributed by atoms with Gasteiger partial charge in [-0.15, -0.1) is 5.10 Å². The number of hydrogen-bond donors (Lipinski definition) is 2. The molecular formula is C13H13N5S. The van der Waals surface area contributed by atoms with E-state index in [1.807, 2.05) is 29.6 Å². The lowest BCUT2D eigenvalue weighted by atomic mass is 10.1. The summed E-state index contributed by atoms with van der Waals surface area (Å²) >= 11 is 1.32. The molecule has 0 aliphatic carbocycles. The molecule has 1 aromatic carbocycles. The molecule has 96 valence electrons. The number of hydrazine groups is 1. The van der Waals surface area contributed by atoms with Crippen LogP contribution in [0.4, 0.5) is 0 Å². The third-order valence-corrected chi connectivity index (χ3v) is 3.53. The number of nitrogens with two attached hydrogens (primary N) is 1. The molecule has 2 heterocycles. The van der Waals surface area contributed by atoms with Gasteiger partial charge in [0.15, 0.2) is 0 Å². The van der Waals surface area contributed by atoms with Crippen molar-refractivity contribution < 1.29 is 0 Å². The van der Waals surface area contributed by atoms with Gasteiger partial charge < -0.3 is 0 Å². The van der Waals surface area contributed by atoms with Crippen molar-refractivity contribution in [2.75, 3.05) is 0 Å². The fourth-order valence-corrected chi connectivity index (χ4v) is 2.51. The number of nitrogens with one attached hydrogen (secondary N) is 1. The van der Waals surface area contributed by atoms with Crippen molar-refractivity contribution in [2.45, 2.75) is 12.5 Å². The zero-order valence-corrected chi connectivity index (χ0v) is 11.0. The van der Waals surface area contributed by atoms with E-state index < -0.39 is 0 Å². The van der Waals surface area contributed by atoms with E-state index in [0.29, 0.717) is 6.42 Å². The van der Waals surface area contributed by atoms with Crippen LogP contribution >= 0.6 is 11.5 Å². The van der Waals surface area contributed by atoms with Crippen molar-refractivity contribution in [3.8, 4) is 0 Å². The second-order valence-corrected chi connectivity index (χ2v) is 4.86. The van der Waals surface area contributed by atoms with Gasteiger partial charge in [-0.1, -0.05) is 28.8 Å². The minimum absolute atomic E-state index is 0.0626. The molecule has 3 aromatic rings. The van der Waals surface area contributed by atoms with Gasteiger partial charge in [-0.25, -0.2) is 0 Å². The average molecular weight is 271 g/mol. The zero-order chi connectivity index (χ0) is 13.1. The molecule has 0 aliphatic rings. The number of rotatable bonds is 4. The van der Waals surface area contributed by atoms with E-state index in [4.69, 9.17) is 5.84 Å². The van der Waals surface area contributed by atoms with E-state index in [9.17, 15) is 0 Å². The monoisotopic (exact) mass is 271 g/mol. The molecule has 2 aromatic heterocycles. The summed E-state index contributed by atoms with van der Waals surface area (Å²) in [5.41, 5.74) is 5.59. The second kappa shape index (κ2) is 5.40. The first-order chi connectivity index (χ1) is 9.36. The lowest BCUT2D eigenvalue weighted by Gasteiger charge is -2.12. The molecule has 6 heteroatoms. The molecule has 0 bridgehead atoms. The average Bonchev–Trinajstić information content (AvgIpc) is 2.98. The molecule has 0 saturated carbocycles. The molecule has 0 fully saturated rings. The number of para-hydroxylation sites is 1. The lowest BCUT2D eigenvalue weighted by molar-refractivity contribution is 0.532. The van der Waals surface area contributed by atoms with Gasteiger partial charge in [0.05, 0.1) is 17.3 Å². The highest BCUT2D eigenvalue weighted by Gasteiger charge is 2.14. The number of aromatic nitrogens is 3. The summed E-state index contributed by atoms with van der Waals surface area (Å²) in [5, 5.41) is 7.08. The molecule has 1 atom stereocenters. The van der Waals surface area contributed by atoms with Crippen LogP contribution < -0.4 is 11.3 Å². The van der Waals surface area contributed by atoms with Crippen LogP contribution in [0.3, 0.4) is 0 Å². The minimum Gasteiger partial charge on any atom is -0.271 e. The van der Waals surface area contributed by atoms with Gasteiger partial charge in [-0.05, 0) is 23.7 Å². The molecule has 3 rings (SSSR count). The Hall–Kier alpha value is -1.89. The first-order valence-electron chi connectivity index (χ1n) is 5.94. The van der Waals surface area contributed by atoms with Crippen LogP contribution in [0.2, 0.25) is 0 Å². The Morgan fingerprint density at radius 1 is 1.21 bits per heavy atom. The number of benzene rings is 1. The Balaban J connectivity index is 1.88. The fraction of sp³-hybridized carbons (Fsp3) is 0.154. The SMILES string of the molecule is NNC(Cc1ccc2ccccc2n1)c1csnn1. The largest absolute Gasteiger partial charge is 0.271 e. The van der Waals surface area contributed by atoms with Crippen LogP contribution in [-0.4, -0.2) is 14.6 Å². The molecule has 0 aliphatic heterocycles. The first kappa shape index (κ1) is 12.2. The van der Waals surface area contributed by atoms with Crippen LogP contribution in [0.1, 0.15) is 17.4 Å². The van der Waals surface area contributed by atoms with E-state index in [-0.39, 0.29) is 6.04 Å². The highest BCUT2D eigenvalue weighted by molar-refractivity contribution is 7.03. The molecule has 0 saturated heterocycles. The van der Waals surface area contributed by atoms with Crippen LogP contribution in [0.25, 0.3) is 10.9 Å². The molecular weight excluding hydrogens is 258 g/mol. The number of fused-ring (bicyclic) bond motifs is 1. The third-order valence-electron chi connectivity index (χ3n) is 3.00. The van der Waals surface area contributed by atoms with Crippen molar-refractivity contribution in [3.05, 3.63) is 53.2 Å². The predicted molar refractivity (Wildman–Crippen MR) is 75.4 cm³/mol. The standard InChI is InChI=1S/C13H13N5S/c14-16-12(13-8-19-18-17-13)7-10-6-5-9-3-1-2-4-11(9)15-10/h1-6,8,12,16H,7,14H2. The van der Waals surface area contributed by atoms with Gasteiger partial charge in [0.25, 0.3) is 0 Å². The molecule has 3 N–H and O–H groups in total. The first-order valence-corrected chi connectivity index (χ1v) is 6.78. The maximum absolute atomic E-state index is 5.58. The summed E-state index contributed by atoms with van der Waals surface area (Å²) < 4.78 is 3.86. The van der Waals surface area contributed by atoms with Gasteiger partial charge in [0.1, 0.15) is 0 Å². The molecule has 19 heavy (non-hydrogen) atoms. The zero-order valence-electron chi connectivity index (χ0n) is 10.2. The maximum atomic E-state index is 5.58. The Morgan fingerprint density at radius 2 is 2.11 bits per heavy atom. The van der Waals surface area contributed by atoms with Crippen LogP contribution in [-0.2, 0) is 6.42 Å². The van der Waals surface area contributed by atoms with Crippen LogP contribution in [0.15, 0.2) is 41.8 Å². The highest BCUT2D eigenvalue weighted by atomic mass is 32.1. The minimum atomic E-state index is -0.0626. The fourth-order valence-electron chi connectivity index (χ4n) is 2.00. The lowest BCUT2D eigenvalue weighted by Crippen LogP contribution is -2.30. The van der Waals surface area contributed by atoms with E-state index in [2.05, 4.69) is 32.1 Å². The normalized spacial score (nSPS) is 12.7. The predicted octanol–water partition coefficient (Wildman–Crippen LogP) is 1.83. The van der Waals surface area contributed by atoms with Crippen LogP contribution in [0, 0.1) is 0 Å². The van der Waals surface area contributed by atoms with Crippen molar-refractivity contribution in [1.82, 2.24) is 20.0 Å². The Kier molecular flexibility index (Phi) is 3.45. The molecule has 0 radical (unpaired) electrons. The summed E-state index contributed by atoms with van der Waals surface area (Å²) in [4.78, 5) is 4.63. The van der Waals surface area contributed by atoms with E-state index >= 15 is 0 Å². The van der Waals surface area contributed by atoms with Gasteiger partial charge in [-0.3, -0.25) is 16.3 Å². The van der Waals surface area contributed by atoms with E-state index in [0.717, 1.165) is 22.3 Å². The van der Waals surface area contributed by atoms with Gasteiger partial charge in [-0.2, -0.15) is 0 Å². The Labute approximate surface area is 114 Å². The van der Waals surface area contributed by atoms with E-state index in [1.54, 1.807) is 0 Å². The van der Waals surface area contributed by atoms with Crippen molar-refractivity contribution in [2.24, 2.45) is 5.84 Å². The van der Waals surface area contributed by atoms with Crippen molar-refractivity contribution in [3.63, 3.8) is 0 Å². The third kappa shape index (κ3) is 2.60. The quantitative estimate of drug-likeness (QED) is 0.559. The molecule has 0 amide bonds. The highest BCUT2D eigenvalue weighted by Crippen LogP contribution is 2.18. The number of hydrogen-bond acceptors (Lipinski definition) is 6. The van der Waals surface area contributed by atoms with Gasteiger partial charge in [0.2, 0.25) is 0 Å². The number of pyridine rings is 1. The molecule has 1 unspecified atom stereocenters. The molecule has 5 nitrogen and oxygen atoms in total. The van der Waals surface area contributed by atoms with Gasteiger partial charge in [0, 0.05) is 22.9 Å². The number of nitrogens with zero attached hydrogens (tertiary/aromatic N) is 3. The second-order valence-electron chi connectivity index (χ2n) is 4.25. The molecule has 0 spiro atoms.